The van der Waals surface area contributed by atoms with Crippen molar-refractivity contribution in [1.82, 2.24) is 0 Å². The number of carbonyl (C=O) groups is 1. The molecule has 120 valence electrons. The van der Waals surface area contributed by atoms with Crippen LogP contribution in [0, 0.1) is 6.92 Å². The minimum Gasteiger partial charge on any atom is -0.494 e. The summed E-state index contributed by atoms with van der Waals surface area (Å²) in [5.41, 5.74) is 2.59. The van der Waals surface area contributed by atoms with Crippen molar-refractivity contribution >= 4 is 29.3 Å². The third-order valence-corrected chi connectivity index (χ3v) is 3.63. The van der Waals surface area contributed by atoms with Gasteiger partial charge in [-0.05, 0) is 54.8 Å². The molecule has 2 aromatic carbocycles. The number of amides is 1. The highest BCUT2D eigenvalue weighted by molar-refractivity contribution is 6.31. The first-order valence-electron chi connectivity index (χ1n) is 7.56. The Morgan fingerprint density at radius 2 is 1.96 bits per heavy atom. The molecule has 0 aliphatic heterocycles. The Kier molecular flexibility index (Phi) is 6.24. The van der Waals surface area contributed by atoms with Crippen LogP contribution >= 0.6 is 11.6 Å². The molecule has 0 saturated heterocycles. The lowest BCUT2D eigenvalue weighted by atomic mass is 10.2. The van der Waals surface area contributed by atoms with Crippen LogP contribution < -0.4 is 10.1 Å². The Hall–Kier alpha value is -2.26. The van der Waals surface area contributed by atoms with Crippen molar-refractivity contribution in [2.75, 3.05) is 11.9 Å². The molecule has 0 bridgehead atoms. The first-order chi connectivity index (χ1) is 11.1. The zero-order chi connectivity index (χ0) is 16.7. The van der Waals surface area contributed by atoms with Crippen LogP contribution in [0.4, 0.5) is 5.69 Å². The van der Waals surface area contributed by atoms with E-state index in [0.29, 0.717) is 17.3 Å². The number of nitrogens with one attached hydrogen (secondary N) is 1. The summed E-state index contributed by atoms with van der Waals surface area (Å²) in [5.74, 6) is 0.638. The van der Waals surface area contributed by atoms with Crippen LogP contribution in [0.5, 0.6) is 5.75 Å². The smallest absolute Gasteiger partial charge is 0.248 e. The minimum atomic E-state index is -0.198. The largest absolute Gasteiger partial charge is 0.494 e. The first-order valence-corrected chi connectivity index (χ1v) is 7.94. The van der Waals surface area contributed by atoms with Crippen molar-refractivity contribution in [3.05, 3.63) is 64.7 Å². The van der Waals surface area contributed by atoms with Crippen LogP contribution in [0.15, 0.2) is 48.5 Å². The van der Waals surface area contributed by atoms with Crippen molar-refractivity contribution in [1.29, 1.82) is 0 Å². The number of hydrogen-bond acceptors (Lipinski definition) is 2. The van der Waals surface area contributed by atoms with Gasteiger partial charge in [0, 0.05) is 16.8 Å². The third kappa shape index (κ3) is 5.46. The second-order valence-corrected chi connectivity index (χ2v) is 5.61. The number of aryl methyl sites for hydroxylation is 1. The van der Waals surface area contributed by atoms with Crippen LogP contribution in [0.3, 0.4) is 0 Å². The van der Waals surface area contributed by atoms with Crippen LogP contribution in [0.2, 0.25) is 5.02 Å². The van der Waals surface area contributed by atoms with Crippen molar-refractivity contribution in [2.24, 2.45) is 0 Å². The van der Waals surface area contributed by atoms with E-state index in [1.807, 2.05) is 43.3 Å². The van der Waals surface area contributed by atoms with Gasteiger partial charge in [0.2, 0.25) is 5.91 Å². The second kappa shape index (κ2) is 8.39. The summed E-state index contributed by atoms with van der Waals surface area (Å²) in [4.78, 5) is 11.9. The summed E-state index contributed by atoms with van der Waals surface area (Å²) < 4.78 is 5.52. The Bertz CT molecular complexity index is 693. The molecule has 1 N–H and O–H groups in total. The maximum absolute atomic E-state index is 11.9. The molecule has 0 atom stereocenters. The molecule has 2 rings (SSSR count). The van der Waals surface area contributed by atoms with Gasteiger partial charge in [0.15, 0.2) is 0 Å². The fourth-order valence-corrected chi connectivity index (χ4v) is 2.10. The van der Waals surface area contributed by atoms with Gasteiger partial charge in [-0.2, -0.15) is 0 Å². The number of rotatable bonds is 6. The van der Waals surface area contributed by atoms with Gasteiger partial charge in [-0.15, -0.1) is 0 Å². The summed E-state index contributed by atoms with van der Waals surface area (Å²) >= 11 is 6.04. The molecule has 0 heterocycles. The van der Waals surface area contributed by atoms with Gasteiger partial charge in [0.25, 0.3) is 0 Å². The molecule has 23 heavy (non-hydrogen) atoms. The molecule has 0 aromatic heterocycles. The Balaban J connectivity index is 1.93. The fourth-order valence-electron chi connectivity index (χ4n) is 1.92. The number of halogens is 1. The van der Waals surface area contributed by atoms with E-state index >= 15 is 0 Å². The van der Waals surface area contributed by atoms with E-state index in [4.69, 9.17) is 16.3 Å². The summed E-state index contributed by atoms with van der Waals surface area (Å²) in [6.07, 6.45) is 4.23. The molecule has 0 unspecified atom stereocenters. The average Bonchev–Trinajstić information content (AvgIpc) is 2.55. The summed E-state index contributed by atoms with van der Waals surface area (Å²) in [6, 6.07) is 13.1. The molecular weight excluding hydrogens is 310 g/mol. The molecular formula is C19H20ClNO2. The molecule has 1 amide bonds. The maximum atomic E-state index is 11.9. The van der Waals surface area contributed by atoms with Crippen LogP contribution in [-0.4, -0.2) is 12.5 Å². The highest BCUT2D eigenvalue weighted by Gasteiger charge is 2.01. The van der Waals surface area contributed by atoms with Gasteiger partial charge < -0.3 is 10.1 Å². The molecule has 2 aromatic rings. The van der Waals surface area contributed by atoms with E-state index in [2.05, 4.69) is 12.2 Å². The molecule has 0 aliphatic rings. The van der Waals surface area contributed by atoms with Crippen LogP contribution in [0.1, 0.15) is 24.5 Å². The lowest BCUT2D eigenvalue weighted by Gasteiger charge is -2.05. The van der Waals surface area contributed by atoms with Gasteiger partial charge in [0.05, 0.1) is 6.61 Å². The Morgan fingerprint density at radius 1 is 1.22 bits per heavy atom. The molecule has 0 spiro atoms. The average molecular weight is 330 g/mol. The predicted octanol–water partition coefficient (Wildman–Crippen LogP) is 5.09. The second-order valence-electron chi connectivity index (χ2n) is 5.20. The molecule has 0 fully saturated rings. The van der Waals surface area contributed by atoms with E-state index in [9.17, 15) is 4.79 Å². The number of benzene rings is 2. The molecule has 4 heteroatoms. The number of carbonyl (C=O) groups excluding carboxylic acids is 1. The fraction of sp³-hybridized carbons (Fsp3) is 0.211. The van der Waals surface area contributed by atoms with Gasteiger partial charge in [0.1, 0.15) is 5.75 Å². The maximum Gasteiger partial charge on any atom is 0.248 e. The van der Waals surface area contributed by atoms with E-state index in [0.717, 1.165) is 23.3 Å². The van der Waals surface area contributed by atoms with Gasteiger partial charge in [-0.1, -0.05) is 36.7 Å². The van der Waals surface area contributed by atoms with Gasteiger partial charge in [-0.25, -0.2) is 0 Å². The third-order valence-electron chi connectivity index (χ3n) is 3.22. The Morgan fingerprint density at radius 3 is 2.61 bits per heavy atom. The van der Waals surface area contributed by atoms with E-state index in [-0.39, 0.29) is 5.91 Å². The lowest BCUT2D eigenvalue weighted by molar-refractivity contribution is -0.111. The molecule has 0 aliphatic carbocycles. The highest BCUT2D eigenvalue weighted by Crippen LogP contribution is 2.20. The first kappa shape index (κ1) is 17.1. The van der Waals surface area contributed by atoms with Crippen molar-refractivity contribution in [2.45, 2.75) is 20.3 Å². The van der Waals surface area contributed by atoms with E-state index in [1.54, 1.807) is 12.1 Å². The minimum absolute atomic E-state index is 0.198. The number of anilines is 1. The summed E-state index contributed by atoms with van der Waals surface area (Å²) in [7, 11) is 0. The topological polar surface area (TPSA) is 38.3 Å². The molecule has 0 radical (unpaired) electrons. The molecule has 0 saturated carbocycles. The van der Waals surface area contributed by atoms with E-state index in [1.165, 1.54) is 6.08 Å². The van der Waals surface area contributed by atoms with E-state index < -0.39 is 0 Å². The zero-order valence-electron chi connectivity index (χ0n) is 13.3. The normalized spacial score (nSPS) is 10.7. The quantitative estimate of drug-likeness (QED) is 0.750. The summed E-state index contributed by atoms with van der Waals surface area (Å²) in [6.45, 7) is 4.69. The van der Waals surface area contributed by atoms with Crippen LogP contribution in [0.25, 0.3) is 6.08 Å². The number of ether oxygens (including phenoxy) is 1. The predicted molar refractivity (Wildman–Crippen MR) is 96.1 cm³/mol. The monoisotopic (exact) mass is 329 g/mol. The number of hydrogen-bond donors (Lipinski definition) is 1. The highest BCUT2D eigenvalue weighted by atomic mass is 35.5. The van der Waals surface area contributed by atoms with Crippen LogP contribution in [-0.2, 0) is 4.79 Å². The SMILES string of the molecule is CCCOc1ccc(/C=C/C(=O)Nc2ccc(C)c(Cl)c2)cc1. The van der Waals surface area contributed by atoms with Gasteiger partial charge >= 0.3 is 0 Å². The summed E-state index contributed by atoms with van der Waals surface area (Å²) in [5, 5.41) is 3.42. The van der Waals surface area contributed by atoms with Gasteiger partial charge in [-0.3, -0.25) is 4.79 Å². The van der Waals surface area contributed by atoms with Crippen molar-refractivity contribution in [3.63, 3.8) is 0 Å². The van der Waals surface area contributed by atoms with Crippen molar-refractivity contribution in [3.8, 4) is 5.75 Å². The lowest BCUT2D eigenvalue weighted by Crippen LogP contribution is -2.07. The standard InChI is InChI=1S/C19H20ClNO2/c1-3-12-23-17-9-5-15(6-10-17)7-11-19(22)21-16-8-4-14(2)18(20)13-16/h4-11,13H,3,12H2,1-2H3,(H,21,22)/b11-7+. The zero-order valence-corrected chi connectivity index (χ0v) is 14.1. The molecule has 3 nitrogen and oxygen atoms in total. The van der Waals surface area contributed by atoms with Crippen molar-refractivity contribution < 1.29 is 9.53 Å². The Labute approximate surface area is 141 Å².